The number of phenolic OH excluding ortho intramolecular Hbond substituents is 1. The standard InChI is InChI=1S/C44H44F3O3PSSi/c1-25-14-10-15-26(2)37(25)30-18-12-19-31(38-27(3)16-11-17-28(38)4)39(30)32-24-52-43(40(32)41-33(49-5)20-13-21-34(41)50-6)51-35-22-29(44(45,46)47)23-36(42(35)48)53(7,8)9/h10-24,48,51H,1-9H3. The first-order valence-electron chi connectivity index (χ1n) is 17.4. The van der Waals surface area contributed by atoms with Crippen LogP contribution in [0, 0.1) is 27.7 Å². The first-order chi connectivity index (χ1) is 25.1. The molecule has 5 aromatic carbocycles. The molecule has 0 saturated heterocycles. The lowest BCUT2D eigenvalue weighted by atomic mass is 9.82. The molecule has 0 bridgehead atoms. The van der Waals surface area contributed by atoms with Crippen LogP contribution in [0.5, 0.6) is 17.2 Å². The molecular formula is C44H44F3O3PSSi. The Kier molecular flexibility index (Phi) is 10.7. The van der Waals surface area contributed by atoms with Gasteiger partial charge >= 0.3 is 6.18 Å². The van der Waals surface area contributed by atoms with Gasteiger partial charge in [-0.2, -0.15) is 13.2 Å². The van der Waals surface area contributed by atoms with E-state index >= 15 is 0 Å². The van der Waals surface area contributed by atoms with Crippen molar-refractivity contribution in [3.8, 4) is 61.8 Å². The zero-order valence-electron chi connectivity index (χ0n) is 31.5. The van der Waals surface area contributed by atoms with Gasteiger partial charge in [-0.1, -0.05) is 80.3 Å². The highest BCUT2D eigenvalue weighted by Crippen LogP contribution is 2.51. The summed E-state index contributed by atoms with van der Waals surface area (Å²) in [6.45, 7) is 14.3. The van der Waals surface area contributed by atoms with Crippen LogP contribution in [0.1, 0.15) is 27.8 Å². The second-order valence-corrected chi connectivity index (χ2v) is 22.0. The van der Waals surface area contributed by atoms with Crippen molar-refractivity contribution in [3.05, 3.63) is 118 Å². The summed E-state index contributed by atoms with van der Waals surface area (Å²) in [5.41, 5.74) is 11.5. The average molecular weight is 769 g/mol. The lowest BCUT2D eigenvalue weighted by Crippen LogP contribution is -2.40. The average Bonchev–Trinajstić information content (AvgIpc) is 3.49. The molecule has 1 N–H and O–H groups in total. The van der Waals surface area contributed by atoms with E-state index in [4.69, 9.17) is 9.47 Å². The third-order valence-electron chi connectivity index (χ3n) is 9.80. The highest BCUT2D eigenvalue weighted by Gasteiger charge is 2.35. The number of aryl methyl sites for hydroxylation is 4. The number of halogens is 3. The van der Waals surface area contributed by atoms with Crippen LogP contribution >= 0.6 is 19.9 Å². The molecule has 1 unspecified atom stereocenters. The molecule has 53 heavy (non-hydrogen) atoms. The zero-order valence-corrected chi connectivity index (χ0v) is 34.3. The molecule has 0 amide bonds. The van der Waals surface area contributed by atoms with Gasteiger partial charge in [0.25, 0.3) is 0 Å². The molecule has 1 heterocycles. The maximum Gasteiger partial charge on any atom is 0.416 e. The fourth-order valence-electron chi connectivity index (χ4n) is 7.30. The second kappa shape index (κ2) is 14.8. The maximum absolute atomic E-state index is 14.4. The van der Waals surface area contributed by atoms with Gasteiger partial charge in [0, 0.05) is 21.0 Å². The van der Waals surface area contributed by atoms with Crippen molar-refractivity contribution < 1.29 is 27.8 Å². The van der Waals surface area contributed by atoms with Gasteiger partial charge in [0.1, 0.15) is 17.2 Å². The largest absolute Gasteiger partial charge is 0.507 e. The topological polar surface area (TPSA) is 38.7 Å². The van der Waals surface area contributed by atoms with E-state index in [2.05, 4.69) is 87.7 Å². The van der Waals surface area contributed by atoms with Crippen LogP contribution in [-0.4, -0.2) is 27.4 Å². The minimum absolute atomic E-state index is 0.0597. The number of thiophene rings is 1. The molecule has 0 aliphatic rings. The number of methoxy groups -OCH3 is 2. The van der Waals surface area contributed by atoms with E-state index in [1.807, 2.05) is 37.8 Å². The third kappa shape index (κ3) is 7.29. The van der Waals surface area contributed by atoms with Crippen LogP contribution in [0.4, 0.5) is 13.2 Å². The SMILES string of the molecule is COc1cccc(OC)c1-c1c(-c2c(-c3c(C)cccc3C)cccc2-c2c(C)cccc2C)csc1Pc1cc(C(F)(F)F)cc([Si](C)(C)C)c1O. The smallest absolute Gasteiger partial charge is 0.416 e. The zero-order chi connectivity index (χ0) is 38.4. The molecule has 3 nitrogen and oxygen atoms in total. The number of hydrogen-bond acceptors (Lipinski definition) is 4. The fourth-order valence-corrected chi connectivity index (χ4v) is 11.5. The summed E-state index contributed by atoms with van der Waals surface area (Å²) in [5.74, 6) is 1.09. The minimum atomic E-state index is -4.57. The maximum atomic E-state index is 14.4. The first kappa shape index (κ1) is 38.4. The van der Waals surface area contributed by atoms with Crippen LogP contribution in [0.15, 0.2) is 90.3 Å². The summed E-state index contributed by atoms with van der Waals surface area (Å²) in [4.78, 5) is 0. The molecule has 0 aliphatic heterocycles. The van der Waals surface area contributed by atoms with Crippen molar-refractivity contribution >= 4 is 43.1 Å². The van der Waals surface area contributed by atoms with Crippen molar-refractivity contribution in [2.24, 2.45) is 0 Å². The molecule has 274 valence electrons. The molecule has 6 aromatic rings. The van der Waals surface area contributed by atoms with E-state index in [0.29, 0.717) is 22.2 Å². The van der Waals surface area contributed by atoms with E-state index in [9.17, 15) is 18.3 Å². The Hall–Kier alpha value is -4.36. The highest BCUT2D eigenvalue weighted by molar-refractivity contribution is 7.63. The first-order valence-corrected chi connectivity index (χ1v) is 22.8. The number of phenols is 1. The van der Waals surface area contributed by atoms with E-state index in [1.54, 1.807) is 14.2 Å². The van der Waals surface area contributed by atoms with Crippen LogP contribution in [0.3, 0.4) is 0 Å². The molecule has 1 atom stereocenters. The van der Waals surface area contributed by atoms with Crippen molar-refractivity contribution in [2.45, 2.75) is 53.5 Å². The number of hydrogen-bond donors (Lipinski definition) is 1. The monoisotopic (exact) mass is 768 g/mol. The van der Waals surface area contributed by atoms with Gasteiger partial charge in [0.15, 0.2) is 0 Å². The molecule has 0 aliphatic carbocycles. The Bertz CT molecular complexity index is 2210. The summed E-state index contributed by atoms with van der Waals surface area (Å²) < 4.78 is 56.1. The van der Waals surface area contributed by atoms with Gasteiger partial charge in [-0.05, 0) is 121 Å². The minimum Gasteiger partial charge on any atom is -0.507 e. The molecule has 6 rings (SSSR count). The Labute approximate surface area is 317 Å². The number of rotatable bonds is 9. The predicted octanol–water partition coefficient (Wildman–Crippen LogP) is 11.6. The van der Waals surface area contributed by atoms with Crippen LogP contribution < -0.4 is 24.6 Å². The van der Waals surface area contributed by atoms with Crippen molar-refractivity contribution in [1.29, 1.82) is 0 Å². The number of alkyl halides is 3. The summed E-state index contributed by atoms with van der Waals surface area (Å²) in [6, 6.07) is 26.9. The summed E-state index contributed by atoms with van der Waals surface area (Å²) in [5, 5.41) is 14.5. The van der Waals surface area contributed by atoms with E-state index in [1.165, 1.54) is 11.3 Å². The van der Waals surface area contributed by atoms with Gasteiger partial charge in [-0.3, -0.25) is 0 Å². The normalized spacial score (nSPS) is 12.2. The van der Waals surface area contributed by atoms with Crippen molar-refractivity contribution in [2.75, 3.05) is 14.2 Å². The third-order valence-corrected chi connectivity index (χ3v) is 14.4. The van der Waals surface area contributed by atoms with E-state index in [0.717, 1.165) is 77.9 Å². The number of ether oxygens (including phenoxy) is 2. The molecule has 9 heteroatoms. The number of aromatic hydroxyl groups is 1. The second-order valence-electron chi connectivity index (χ2n) is 14.4. The molecule has 0 saturated carbocycles. The van der Waals surface area contributed by atoms with Crippen LogP contribution in [0.2, 0.25) is 19.6 Å². The Morgan fingerprint density at radius 2 is 1.09 bits per heavy atom. The van der Waals surface area contributed by atoms with Gasteiger partial charge in [0.2, 0.25) is 0 Å². The van der Waals surface area contributed by atoms with Crippen LogP contribution in [-0.2, 0) is 6.18 Å². The lowest BCUT2D eigenvalue weighted by molar-refractivity contribution is -0.137. The van der Waals surface area contributed by atoms with Crippen LogP contribution in [0.25, 0.3) is 44.5 Å². The summed E-state index contributed by atoms with van der Waals surface area (Å²) in [7, 11) is 0.542. The molecule has 1 aromatic heterocycles. The van der Waals surface area contributed by atoms with Crippen molar-refractivity contribution in [1.82, 2.24) is 0 Å². The van der Waals surface area contributed by atoms with Gasteiger partial charge in [-0.15, -0.1) is 11.3 Å². The quantitative estimate of drug-likeness (QED) is 0.118. The van der Waals surface area contributed by atoms with Gasteiger partial charge in [-0.25, -0.2) is 0 Å². The number of benzene rings is 5. The molecular weight excluding hydrogens is 725 g/mol. The van der Waals surface area contributed by atoms with Crippen molar-refractivity contribution in [3.63, 3.8) is 0 Å². The Morgan fingerprint density at radius 3 is 1.55 bits per heavy atom. The highest BCUT2D eigenvalue weighted by atomic mass is 32.1. The lowest BCUT2D eigenvalue weighted by Gasteiger charge is -2.24. The molecule has 0 fully saturated rings. The molecule has 0 radical (unpaired) electrons. The van der Waals surface area contributed by atoms with E-state index < -0.39 is 19.8 Å². The molecule has 0 spiro atoms. The fraction of sp³-hybridized carbons (Fsp3) is 0.227. The summed E-state index contributed by atoms with van der Waals surface area (Å²) >= 11 is 1.48. The van der Waals surface area contributed by atoms with Gasteiger partial charge in [0.05, 0.1) is 33.4 Å². The Balaban J connectivity index is 1.77. The predicted molar refractivity (Wildman–Crippen MR) is 222 cm³/mol. The van der Waals surface area contributed by atoms with Gasteiger partial charge < -0.3 is 14.6 Å². The van der Waals surface area contributed by atoms with E-state index in [-0.39, 0.29) is 19.6 Å². The Morgan fingerprint density at radius 1 is 0.623 bits per heavy atom. The summed E-state index contributed by atoms with van der Waals surface area (Å²) in [6.07, 6.45) is -4.57.